The fourth-order valence-corrected chi connectivity index (χ4v) is 2.26. The minimum atomic E-state index is -0.226. The van der Waals surface area contributed by atoms with Crippen molar-refractivity contribution in [3.05, 3.63) is 45.9 Å². The Hall–Kier alpha value is -1.40. The fourth-order valence-electron chi connectivity index (χ4n) is 1.74. The molecular weight excluding hydrogens is 344 g/mol. The van der Waals surface area contributed by atoms with Crippen LogP contribution in [0.4, 0.5) is 0 Å². The van der Waals surface area contributed by atoms with Crippen LogP contribution in [0.15, 0.2) is 35.2 Å². The average molecular weight is 358 g/mol. The van der Waals surface area contributed by atoms with E-state index in [-0.39, 0.29) is 17.0 Å². The van der Waals surface area contributed by atoms with E-state index in [0.29, 0.717) is 12.1 Å². The number of nitrogens with one attached hydrogen (secondary N) is 1. The van der Waals surface area contributed by atoms with Crippen LogP contribution in [0.5, 0.6) is 0 Å². The van der Waals surface area contributed by atoms with Gasteiger partial charge in [-0.1, -0.05) is 18.5 Å². The lowest BCUT2D eigenvalue weighted by Gasteiger charge is -2.13. The second-order valence-electron chi connectivity index (χ2n) is 4.54. The van der Waals surface area contributed by atoms with Gasteiger partial charge in [-0.05, 0) is 34.0 Å². The van der Waals surface area contributed by atoms with E-state index >= 15 is 0 Å². The molecule has 7 heteroatoms. The third-order valence-corrected chi connectivity index (χ3v) is 3.45. The highest BCUT2D eigenvalue weighted by atomic mass is 79.9. The lowest BCUT2D eigenvalue weighted by molar-refractivity contribution is 0.0946. The van der Waals surface area contributed by atoms with Gasteiger partial charge in [-0.25, -0.2) is 4.98 Å². The van der Waals surface area contributed by atoms with Gasteiger partial charge in [0, 0.05) is 36.2 Å². The summed E-state index contributed by atoms with van der Waals surface area (Å²) >= 11 is 9.19. The second-order valence-corrected chi connectivity index (χ2v) is 5.81. The number of hydrogen-bond donors (Lipinski definition) is 1. The Labute approximate surface area is 130 Å². The number of carbonyl (C=O) groups is 1. The Morgan fingerprint density at radius 1 is 1.60 bits per heavy atom. The van der Waals surface area contributed by atoms with E-state index in [2.05, 4.69) is 31.3 Å². The summed E-state index contributed by atoms with van der Waals surface area (Å²) in [4.78, 5) is 16.0. The number of pyridine rings is 1. The van der Waals surface area contributed by atoms with Crippen molar-refractivity contribution in [1.29, 1.82) is 0 Å². The van der Waals surface area contributed by atoms with Crippen molar-refractivity contribution in [2.45, 2.75) is 13.5 Å². The number of rotatable bonds is 5. The predicted molar refractivity (Wildman–Crippen MR) is 80.7 cm³/mol. The zero-order chi connectivity index (χ0) is 14.5. The summed E-state index contributed by atoms with van der Waals surface area (Å²) in [7, 11) is 0. The number of hydrogen-bond acceptors (Lipinski definition) is 3. The molecule has 20 heavy (non-hydrogen) atoms. The molecule has 1 N–H and O–H groups in total. The van der Waals surface area contributed by atoms with Crippen molar-refractivity contribution in [2.75, 3.05) is 6.54 Å². The molecule has 0 aliphatic heterocycles. The molecule has 0 bridgehead atoms. The molecule has 0 aromatic carbocycles. The molecule has 0 saturated heterocycles. The maximum atomic E-state index is 12.0. The Balaban J connectivity index is 1.90. The third-order valence-electron chi connectivity index (χ3n) is 2.72. The molecule has 5 nitrogen and oxygen atoms in total. The zero-order valence-corrected chi connectivity index (χ0v) is 13.2. The van der Waals surface area contributed by atoms with E-state index in [1.54, 1.807) is 18.5 Å². The molecule has 0 radical (unpaired) electrons. The highest BCUT2D eigenvalue weighted by molar-refractivity contribution is 9.10. The number of carbonyl (C=O) groups excluding carboxylic acids is 1. The first-order chi connectivity index (χ1) is 9.56. The van der Waals surface area contributed by atoms with Gasteiger partial charge in [0.05, 0.1) is 5.56 Å². The lowest BCUT2D eigenvalue weighted by Crippen LogP contribution is -2.30. The maximum Gasteiger partial charge on any atom is 0.254 e. The van der Waals surface area contributed by atoms with Crippen molar-refractivity contribution in [1.82, 2.24) is 20.1 Å². The molecule has 0 aliphatic rings. The van der Waals surface area contributed by atoms with Gasteiger partial charge in [0.15, 0.2) is 0 Å². The smallest absolute Gasteiger partial charge is 0.254 e. The SMILES string of the molecule is CC(CNC(=O)c1cc(Br)cnc1Cl)Cn1cccn1. The molecular formula is C13H14BrClN4O. The predicted octanol–water partition coefficient (Wildman–Crippen LogP) is 2.76. The number of halogens is 2. The molecule has 106 valence electrons. The van der Waals surface area contributed by atoms with Crippen molar-refractivity contribution in [2.24, 2.45) is 5.92 Å². The van der Waals surface area contributed by atoms with Gasteiger partial charge in [-0.15, -0.1) is 0 Å². The van der Waals surface area contributed by atoms with E-state index in [4.69, 9.17) is 11.6 Å². The normalized spacial score (nSPS) is 12.2. The van der Waals surface area contributed by atoms with E-state index in [1.165, 1.54) is 0 Å². The molecule has 2 aromatic heterocycles. The molecule has 1 amide bonds. The first kappa shape index (κ1) is 15.0. The van der Waals surface area contributed by atoms with Crippen LogP contribution in [-0.2, 0) is 6.54 Å². The lowest BCUT2D eigenvalue weighted by atomic mass is 10.1. The fraction of sp³-hybridized carbons (Fsp3) is 0.308. The summed E-state index contributed by atoms with van der Waals surface area (Å²) in [5, 5.41) is 7.19. The highest BCUT2D eigenvalue weighted by Gasteiger charge is 2.13. The van der Waals surface area contributed by atoms with E-state index in [1.807, 2.05) is 23.9 Å². The second kappa shape index (κ2) is 6.85. The van der Waals surface area contributed by atoms with Crippen LogP contribution in [-0.4, -0.2) is 27.2 Å². The molecule has 0 spiro atoms. The zero-order valence-electron chi connectivity index (χ0n) is 10.9. The Bertz CT molecular complexity index is 588. The Morgan fingerprint density at radius 3 is 3.10 bits per heavy atom. The Kier molecular flexibility index (Phi) is 5.14. The highest BCUT2D eigenvalue weighted by Crippen LogP contribution is 2.17. The average Bonchev–Trinajstić information content (AvgIpc) is 2.91. The molecule has 0 saturated carbocycles. The van der Waals surface area contributed by atoms with E-state index < -0.39 is 0 Å². The van der Waals surface area contributed by atoms with Crippen LogP contribution in [0.1, 0.15) is 17.3 Å². The van der Waals surface area contributed by atoms with Crippen LogP contribution >= 0.6 is 27.5 Å². The molecule has 0 fully saturated rings. The largest absolute Gasteiger partial charge is 0.352 e. The van der Waals surface area contributed by atoms with Crippen molar-refractivity contribution < 1.29 is 4.79 Å². The quantitative estimate of drug-likeness (QED) is 0.837. The van der Waals surface area contributed by atoms with Gasteiger partial charge in [-0.3, -0.25) is 9.48 Å². The van der Waals surface area contributed by atoms with Crippen molar-refractivity contribution in [3.63, 3.8) is 0 Å². The van der Waals surface area contributed by atoms with E-state index in [0.717, 1.165) is 11.0 Å². The van der Waals surface area contributed by atoms with Gasteiger partial charge in [-0.2, -0.15) is 5.10 Å². The summed E-state index contributed by atoms with van der Waals surface area (Å²) < 4.78 is 2.56. The molecule has 1 atom stereocenters. The van der Waals surface area contributed by atoms with Gasteiger partial charge in [0.1, 0.15) is 5.15 Å². The summed E-state index contributed by atoms with van der Waals surface area (Å²) in [5.74, 6) is 0.0360. The standard InChI is InChI=1S/C13H14BrClN4O/c1-9(8-19-4-2-3-18-19)6-17-13(20)11-5-10(14)7-16-12(11)15/h2-5,7,9H,6,8H2,1H3,(H,17,20). The summed E-state index contributed by atoms with van der Waals surface area (Å²) in [5.41, 5.74) is 0.368. The van der Waals surface area contributed by atoms with Crippen LogP contribution in [0.25, 0.3) is 0 Å². The van der Waals surface area contributed by atoms with Crippen LogP contribution in [0.2, 0.25) is 5.15 Å². The minimum absolute atomic E-state index is 0.199. The van der Waals surface area contributed by atoms with Crippen LogP contribution in [0.3, 0.4) is 0 Å². The number of amides is 1. The topological polar surface area (TPSA) is 59.8 Å². The van der Waals surface area contributed by atoms with Gasteiger partial charge in [0.25, 0.3) is 5.91 Å². The number of aromatic nitrogens is 3. The van der Waals surface area contributed by atoms with Gasteiger partial charge in [0.2, 0.25) is 0 Å². The molecule has 1 unspecified atom stereocenters. The van der Waals surface area contributed by atoms with Crippen molar-refractivity contribution in [3.8, 4) is 0 Å². The van der Waals surface area contributed by atoms with E-state index in [9.17, 15) is 4.79 Å². The van der Waals surface area contributed by atoms with Crippen molar-refractivity contribution >= 4 is 33.4 Å². The monoisotopic (exact) mass is 356 g/mol. The molecule has 0 aliphatic carbocycles. The first-order valence-corrected chi connectivity index (χ1v) is 7.30. The minimum Gasteiger partial charge on any atom is -0.352 e. The van der Waals surface area contributed by atoms with Crippen LogP contribution < -0.4 is 5.32 Å². The molecule has 2 heterocycles. The third kappa shape index (κ3) is 4.05. The first-order valence-electron chi connectivity index (χ1n) is 6.13. The molecule has 2 aromatic rings. The summed E-state index contributed by atoms with van der Waals surface area (Å²) in [6.07, 6.45) is 5.19. The summed E-state index contributed by atoms with van der Waals surface area (Å²) in [6.45, 7) is 3.34. The molecule has 2 rings (SSSR count). The summed E-state index contributed by atoms with van der Waals surface area (Å²) in [6, 6.07) is 3.53. The Morgan fingerprint density at radius 2 is 2.40 bits per heavy atom. The van der Waals surface area contributed by atoms with Gasteiger partial charge < -0.3 is 5.32 Å². The maximum absolute atomic E-state index is 12.0. The number of nitrogens with zero attached hydrogens (tertiary/aromatic N) is 3. The van der Waals surface area contributed by atoms with Gasteiger partial charge >= 0.3 is 0 Å². The van der Waals surface area contributed by atoms with Crippen LogP contribution in [0, 0.1) is 5.92 Å².